The molecule has 0 saturated carbocycles. The van der Waals surface area contributed by atoms with Crippen molar-refractivity contribution in [3.8, 4) is 0 Å². The third kappa shape index (κ3) is 4.63. The van der Waals surface area contributed by atoms with Gasteiger partial charge in [-0.3, -0.25) is 19.2 Å². The van der Waals surface area contributed by atoms with Gasteiger partial charge in [0.15, 0.2) is 11.7 Å². The highest BCUT2D eigenvalue weighted by molar-refractivity contribution is 9.10. The van der Waals surface area contributed by atoms with Gasteiger partial charge in [-0.1, -0.05) is 6.92 Å². The number of ether oxygens (including phenoxy) is 2. The number of carbonyl (C=O) groups excluding carboxylic acids is 3. The SMILES string of the molecule is CCOC(=O)C(C(=O)OCC)C(C)C(=O)c1cc(Br)c2[nH]c(=O)ccc2c1. The number of Topliss-reactive ketones (excluding diaryl/α,β-unsaturated/α-hetero) is 1. The Kier molecular flexibility index (Phi) is 6.90. The van der Waals surface area contributed by atoms with E-state index in [0.29, 0.717) is 20.9 Å². The van der Waals surface area contributed by atoms with Crippen LogP contribution < -0.4 is 5.56 Å². The van der Waals surface area contributed by atoms with Crippen LogP contribution in [-0.2, 0) is 19.1 Å². The Morgan fingerprint density at radius 2 is 1.67 bits per heavy atom. The minimum absolute atomic E-state index is 0.0878. The Morgan fingerprint density at radius 3 is 2.22 bits per heavy atom. The molecule has 0 aliphatic heterocycles. The van der Waals surface area contributed by atoms with Gasteiger partial charge in [0.25, 0.3) is 0 Å². The lowest BCUT2D eigenvalue weighted by molar-refractivity contribution is -0.163. The zero-order valence-corrected chi connectivity index (χ0v) is 16.8. The molecule has 0 fully saturated rings. The molecule has 7 nitrogen and oxygen atoms in total. The summed E-state index contributed by atoms with van der Waals surface area (Å²) in [5, 5.41) is 0.642. The number of hydrogen-bond donors (Lipinski definition) is 1. The average molecular weight is 438 g/mol. The Labute approximate surface area is 164 Å². The number of aromatic amines is 1. The summed E-state index contributed by atoms with van der Waals surface area (Å²) in [4.78, 5) is 51.6. The molecule has 1 atom stereocenters. The zero-order chi connectivity index (χ0) is 20.1. The third-order valence-corrected chi connectivity index (χ3v) is 4.69. The molecule has 27 heavy (non-hydrogen) atoms. The number of hydrogen-bond acceptors (Lipinski definition) is 6. The molecule has 0 amide bonds. The molecule has 0 aliphatic rings. The summed E-state index contributed by atoms with van der Waals surface area (Å²) in [6.07, 6.45) is 0. The van der Waals surface area contributed by atoms with Crippen molar-refractivity contribution >= 4 is 44.6 Å². The second-order valence-electron chi connectivity index (χ2n) is 5.88. The van der Waals surface area contributed by atoms with E-state index in [9.17, 15) is 19.2 Å². The van der Waals surface area contributed by atoms with Crippen molar-refractivity contribution in [2.45, 2.75) is 20.8 Å². The predicted molar refractivity (Wildman–Crippen MR) is 103 cm³/mol. The van der Waals surface area contributed by atoms with Crippen molar-refractivity contribution in [2.24, 2.45) is 11.8 Å². The lowest BCUT2D eigenvalue weighted by Crippen LogP contribution is -2.37. The van der Waals surface area contributed by atoms with Crippen molar-refractivity contribution in [3.63, 3.8) is 0 Å². The summed E-state index contributed by atoms with van der Waals surface area (Å²) < 4.78 is 10.4. The maximum absolute atomic E-state index is 13.0. The average Bonchev–Trinajstić information content (AvgIpc) is 2.62. The first-order chi connectivity index (χ1) is 12.8. The highest BCUT2D eigenvalue weighted by Gasteiger charge is 2.39. The number of nitrogens with one attached hydrogen (secondary N) is 1. The van der Waals surface area contributed by atoms with E-state index in [1.54, 1.807) is 32.0 Å². The summed E-state index contributed by atoms with van der Waals surface area (Å²) in [7, 11) is 0. The lowest BCUT2D eigenvalue weighted by atomic mass is 9.86. The molecule has 2 rings (SSSR count). The van der Waals surface area contributed by atoms with E-state index in [4.69, 9.17) is 9.47 Å². The van der Waals surface area contributed by atoms with Crippen LogP contribution in [0.2, 0.25) is 0 Å². The van der Waals surface area contributed by atoms with Gasteiger partial charge in [0.2, 0.25) is 5.56 Å². The molecule has 1 N–H and O–H groups in total. The van der Waals surface area contributed by atoms with Crippen molar-refractivity contribution in [1.82, 2.24) is 4.98 Å². The number of ketones is 1. The summed E-state index contributed by atoms with van der Waals surface area (Å²) in [5.41, 5.74) is 0.590. The second kappa shape index (κ2) is 8.94. The molecular weight excluding hydrogens is 418 g/mol. The number of aromatic nitrogens is 1. The number of rotatable bonds is 7. The smallest absolute Gasteiger partial charge is 0.321 e. The van der Waals surface area contributed by atoms with Crippen molar-refractivity contribution in [1.29, 1.82) is 0 Å². The highest BCUT2D eigenvalue weighted by Crippen LogP contribution is 2.27. The van der Waals surface area contributed by atoms with Crippen LogP contribution in [0.25, 0.3) is 10.9 Å². The monoisotopic (exact) mass is 437 g/mol. The number of esters is 2. The highest BCUT2D eigenvalue weighted by atomic mass is 79.9. The maximum atomic E-state index is 13.0. The molecule has 1 unspecified atom stereocenters. The van der Waals surface area contributed by atoms with Gasteiger partial charge in [0.05, 0.1) is 18.7 Å². The Morgan fingerprint density at radius 1 is 1.07 bits per heavy atom. The number of carbonyl (C=O) groups is 3. The van der Waals surface area contributed by atoms with Crippen LogP contribution in [0.1, 0.15) is 31.1 Å². The molecule has 1 aromatic heterocycles. The number of halogens is 1. The van der Waals surface area contributed by atoms with Crippen molar-refractivity contribution in [3.05, 3.63) is 44.7 Å². The Balaban J connectivity index is 2.42. The molecule has 1 heterocycles. The summed E-state index contributed by atoms with van der Waals surface area (Å²) in [6.45, 7) is 4.91. The summed E-state index contributed by atoms with van der Waals surface area (Å²) in [6, 6.07) is 6.09. The fourth-order valence-electron chi connectivity index (χ4n) is 2.75. The maximum Gasteiger partial charge on any atom is 0.321 e. The molecular formula is C19H20BrNO6. The Bertz CT molecular complexity index is 917. The minimum Gasteiger partial charge on any atom is -0.465 e. The molecule has 0 aliphatic carbocycles. The van der Waals surface area contributed by atoms with Gasteiger partial charge in [0, 0.05) is 27.4 Å². The Hall–Kier alpha value is -2.48. The molecule has 8 heteroatoms. The van der Waals surface area contributed by atoms with Gasteiger partial charge in [-0.2, -0.15) is 0 Å². The quantitative estimate of drug-likeness (QED) is 0.405. The fraction of sp³-hybridized carbons (Fsp3) is 0.368. The van der Waals surface area contributed by atoms with Crippen LogP contribution in [0.15, 0.2) is 33.5 Å². The standard InChI is InChI=1S/C19H20BrNO6/c1-4-26-18(24)15(19(25)27-5-2)10(3)17(23)12-8-11-6-7-14(22)21-16(11)13(20)9-12/h6-10,15H,4-5H2,1-3H3,(H,21,22). The van der Waals surface area contributed by atoms with E-state index in [-0.39, 0.29) is 18.8 Å². The van der Waals surface area contributed by atoms with Gasteiger partial charge in [-0.25, -0.2) is 0 Å². The van der Waals surface area contributed by atoms with Crippen LogP contribution >= 0.6 is 15.9 Å². The molecule has 1 aromatic carbocycles. The molecule has 0 saturated heterocycles. The topological polar surface area (TPSA) is 103 Å². The molecule has 2 aromatic rings. The van der Waals surface area contributed by atoms with E-state index in [1.807, 2.05) is 0 Å². The van der Waals surface area contributed by atoms with Crippen LogP contribution in [-0.4, -0.2) is 35.9 Å². The van der Waals surface area contributed by atoms with E-state index in [0.717, 1.165) is 0 Å². The van der Waals surface area contributed by atoms with Crippen molar-refractivity contribution < 1.29 is 23.9 Å². The van der Waals surface area contributed by atoms with Gasteiger partial charge in [-0.05, 0) is 48.0 Å². The van der Waals surface area contributed by atoms with Crippen LogP contribution in [0, 0.1) is 11.8 Å². The first-order valence-corrected chi connectivity index (χ1v) is 9.29. The predicted octanol–water partition coefficient (Wildman–Crippen LogP) is 2.85. The largest absolute Gasteiger partial charge is 0.465 e. The molecule has 0 spiro atoms. The zero-order valence-electron chi connectivity index (χ0n) is 15.2. The van der Waals surface area contributed by atoms with Crippen LogP contribution in [0.3, 0.4) is 0 Å². The molecule has 0 bridgehead atoms. The van der Waals surface area contributed by atoms with Crippen molar-refractivity contribution in [2.75, 3.05) is 13.2 Å². The third-order valence-electron chi connectivity index (χ3n) is 4.06. The van der Waals surface area contributed by atoms with Crippen LogP contribution in [0.4, 0.5) is 0 Å². The minimum atomic E-state index is -1.34. The van der Waals surface area contributed by atoms with Gasteiger partial charge < -0.3 is 14.5 Å². The second-order valence-corrected chi connectivity index (χ2v) is 6.73. The van der Waals surface area contributed by atoms with Crippen LogP contribution in [0.5, 0.6) is 0 Å². The van der Waals surface area contributed by atoms with E-state index in [2.05, 4.69) is 20.9 Å². The van der Waals surface area contributed by atoms with E-state index in [1.165, 1.54) is 13.0 Å². The number of fused-ring (bicyclic) bond motifs is 1. The summed E-state index contributed by atoms with van der Waals surface area (Å²) >= 11 is 3.34. The normalized spacial score (nSPS) is 12.0. The first-order valence-electron chi connectivity index (χ1n) is 8.50. The van der Waals surface area contributed by atoms with E-state index >= 15 is 0 Å². The first kappa shape index (κ1) is 20.8. The number of H-pyrrole nitrogens is 1. The number of benzene rings is 1. The lowest BCUT2D eigenvalue weighted by Gasteiger charge is -2.20. The van der Waals surface area contributed by atoms with Gasteiger partial charge in [0.1, 0.15) is 0 Å². The molecule has 144 valence electrons. The number of pyridine rings is 1. The van der Waals surface area contributed by atoms with E-state index < -0.39 is 29.6 Å². The fourth-order valence-corrected chi connectivity index (χ4v) is 3.32. The molecule has 0 radical (unpaired) electrons. The summed E-state index contributed by atoms with van der Waals surface area (Å²) in [5.74, 6) is -4.31. The van der Waals surface area contributed by atoms with Gasteiger partial charge in [-0.15, -0.1) is 0 Å². The van der Waals surface area contributed by atoms with Gasteiger partial charge >= 0.3 is 11.9 Å².